The number of unbranched alkanes of at least 4 members (excludes halogenated alkanes) is 5. The van der Waals surface area contributed by atoms with Crippen LogP contribution < -0.4 is 9.62 Å². The zero-order valence-electron chi connectivity index (χ0n) is 18.8. The van der Waals surface area contributed by atoms with Crippen molar-refractivity contribution in [2.24, 2.45) is 0 Å². The average Bonchev–Trinajstić information content (AvgIpc) is 2.75. The standard InChI is InChI=1S/C25H38N2O2S/c1-4-6-7-8-9-11-14-23(21-27(5-2)24-15-12-10-13-16-24)26-30(28,29)25-19-17-22(3)18-20-25/h10,12-13,15-20,23,26H,4-9,11,14,21H2,1-3H3. The third kappa shape index (κ3) is 8.11. The molecule has 0 aliphatic heterocycles. The number of nitrogens with one attached hydrogen (secondary N) is 1. The number of anilines is 1. The molecule has 0 fully saturated rings. The molecule has 5 heteroatoms. The van der Waals surface area contributed by atoms with Crippen molar-refractivity contribution in [2.75, 3.05) is 18.0 Å². The van der Waals surface area contributed by atoms with Crippen LogP contribution in [-0.2, 0) is 10.0 Å². The molecule has 0 radical (unpaired) electrons. The summed E-state index contributed by atoms with van der Waals surface area (Å²) in [5.74, 6) is 0. The van der Waals surface area contributed by atoms with Crippen molar-refractivity contribution in [2.45, 2.75) is 76.7 Å². The Bertz CT molecular complexity index is 820. The fraction of sp³-hybridized carbons (Fsp3) is 0.520. The molecule has 1 N–H and O–H groups in total. The first-order valence-electron chi connectivity index (χ1n) is 11.3. The summed E-state index contributed by atoms with van der Waals surface area (Å²) in [5, 5.41) is 0. The molecule has 0 heterocycles. The number of hydrogen-bond donors (Lipinski definition) is 1. The maximum absolute atomic E-state index is 13.0. The Hall–Kier alpha value is -1.85. The van der Waals surface area contributed by atoms with Crippen molar-refractivity contribution in [3.8, 4) is 0 Å². The van der Waals surface area contributed by atoms with Gasteiger partial charge in [-0.05, 0) is 44.5 Å². The normalized spacial score (nSPS) is 12.6. The van der Waals surface area contributed by atoms with Crippen LogP contribution in [0.4, 0.5) is 5.69 Å². The molecule has 166 valence electrons. The summed E-state index contributed by atoms with van der Waals surface area (Å²) in [7, 11) is -3.54. The van der Waals surface area contributed by atoms with Gasteiger partial charge in [0.05, 0.1) is 4.90 Å². The summed E-state index contributed by atoms with van der Waals surface area (Å²) in [6.45, 7) is 7.80. The first-order chi connectivity index (χ1) is 14.5. The second-order valence-corrected chi connectivity index (χ2v) is 9.78. The van der Waals surface area contributed by atoms with Crippen LogP contribution in [-0.4, -0.2) is 27.5 Å². The lowest BCUT2D eigenvalue weighted by Crippen LogP contribution is -2.44. The molecule has 0 bridgehead atoms. The highest BCUT2D eigenvalue weighted by Gasteiger charge is 2.22. The number of rotatable bonds is 14. The van der Waals surface area contributed by atoms with Crippen LogP contribution in [0.5, 0.6) is 0 Å². The lowest BCUT2D eigenvalue weighted by Gasteiger charge is -2.29. The summed E-state index contributed by atoms with van der Waals surface area (Å²) in [6, 6.07) is 17.2. The van der Waals surface area contributed by atoms with E-state index in [1.807, 2.05) is 37.3 Å². The molecule has 4 nitrogen and oxygen atoms in total. The van der Waals surface area contributed by atoms with Gasteiger partial charge in [-0.25, -0.2) is 13.1 Å². The highest BCUT2D eigenvalue weighted by atomic mass is 32.2. The predicted octanol–water partition coefficient (Wildman–Crippen LogP) is 5.92. The van der Waals surface area contributed by atoms with Gasteiger partial charge in [-0.3, -0.25) is 0 Å². The summed E-state index contributed by atoms with van der Waals surface area (Å²) < 4.78 is 29.0. The molecular formula is C25H38N2O2S. The van der Waals surface area contributed by atoms with Crippen molar-refractivity contribution in [3.63, 3.8) is 0 Å². The largest absolute Gasteiger partial charge is 0.370 e. The molecule has 2 aromatic carbocycles. The van der Waals surface area contributed by atoms with Crippen molar-refractivity contribution >= 4 is 15.7 Å². The Kier molecular flexibility index (Phi) is 10.4. The monoisotopic (exact) mass is 430 g/mol. The highest BCUT2D eigenvalue weighted by molar-refractivity contribution is 7.89. The molecule has 0 aliphatic rings. The van der Waals surface area contributed by atoms with Crippen LogP contribution in [0.15, 0.2) is 59.5 Å². The van der Waals surface area contributed by atoms with Crippen molar-refractivity contribution < 1.29 is 8.42 Å². The van der Waals surface area contributed by atoms with Crippen LogP contribution in [0.3, 0.4) is 0 Å². The van der Waals surface area contributed by atoms with E-state index in [0.29, 0.717) is 11.4 Å². The Morgan fingerprint density at radius 3 is 2.13 bits per heavy atom. The van der Waals surface area contributed by atoms with E-state index < -0.39 is 10.0 Å². The van der Waals surface area contributed by atoms with E-state index in [-0.39, 0.29) is 6.04 Å². The van der Waals surface area contributed by atoms with Gasteiger partial charge in [0.15, 0.2) is 0 Å². The van der Waals surface area contributed by atoms with E-state index in [9.17, 15) is 8.42 Å². The highest BCUT2D eigenvalue weighted by Crippen LogP contribution is 2.18. The summed E-state index contributed by atoms with van der Waals surface area (Å²) in [4.78, 5) is 2.59. The van der Waals surface area contributed by atoms with E-state index in [4.69, 9.17) is 0 Å². The third-order valence-corrected chi connectivity index (χ3v) is 7.04. The first-order valence-corrected chi connectivity index (χ1v) is 12.8. The van der Waals surface area contributed by atoms with Gasteiger partial charge < -0.3 is 4.90 Å². The van der Waals surface area contributed by atoms with E-state index >= 15 is 0 Å². The third-order valence-electron chi connectivity index (χ3n) is 5.50. The van der Waals surface area contributed by atoms with E-state index in [1.54, 1.807) is 12.1 Å². The van der Waals surface area contributed by atoms with Crippen LogP contribution in [0.25, 0.3) is 0 Å². The topological polar surface area (TPSA) is 49.4 Å². The molecule has 1 atom stereocenters. The second-order valence-electron chi connectivity index (χ2n) is 8.06. The SMILES string of the molecule is CCCCCCCCC(CN(CC)c1ccccc1)NS(=O)(=O)c1ccc(C)cc1. The fourth-order valence-corrected chi connectivity index (χ4v) is 4.95. The van der Waals surface area contributed by atoms with Crippen LogP contribution in [0.2, 0.25) is 0 Å². The van der Waals surface area contributed by atoms with Crippen LogP contribution >= 0.6 is 0 Å². The average molecular weight is 431 g/mol. The minimum absolute atomic E-state index is 0.123. The van der Waals surface area contributed by atoms with Crippen molar-refractivity contribution in [1.29, 1.82) is 0 Å². The van der Waals surface area contributed by atoms with E-state index in [1.165, 1.54) is 25.7 Å². The molecule has 0 saturated heterocycles. The quantitative estimate of drug-likeness (QED) is 0.379. The fourth-order valence-electron chi connectivity index (χ4n) is 3.69. The second kappa shape index (κ2) is 12.8. The van der Waals surface area contributed by atoms with Gasteiger partial charge in [-0.2, -0.15) is 0 Å². The van der Waals surface area contributed by atoms with Crippen molar-refractivity contribution in [3.05, 3.63) is 60.2 Å². The van der Waals surface area contributed by atoms with Gasteiger partial charge in [-0.1, -0.05) is 81.3 Å². The molecule has 0 amide bonds. The van der Waals surface area contributed by atoms with Crippen molar-refractivity contribution in [1.82, 2.24) is 4.72 Å². The number of hydrogen-bond acceptors (Lipinski definition) is 3. The maximum atomic E-state index is 13.0. The maximum Gasteiger partial charge on any atom is 0.240 e. The molecule has 0 spiro atoms. The molecule has 30 heavy (non-hydrogen) atoms. The number of sulfonamides is 1. The van der Waals surface area contributed by atoms with Gasteiger partial charge in [0.1, 0.15) is 0 Å². The first kappa shape index (κ1) is 24.4. The molecule has 0 saturated carbocycles. The lowest BCUT2D eigenvalue weighted by atomic mass is 10.1. The van der Waals surface area contributed by atoms with Crippen LogP contribution in [0.1, 0.15) is 64.4 Å². The van der Waals surface area contributed by atoms with Gasteiger partial charge in [0, 0.05) is 24.8 Å². The van der Waals surface area contributed by atoms with Gasteiger partial charge >= 0.3 is 0 Å². The number of aryl methyl sites for hydroxylation is 1. The molecule has 2 aromatic rings. The van der Waals surface area contributed by atoms with E-state index in [2.05, 4.69) is 35.6 Å². The molecule has 2 rings (SSSR count). The summed E-state index contributed by atoms with van der Waals surface area (Å²) in [5.41, 5.74) is 2.18. The zero-order valence-corrected chi connectivity index (χ0v) is 19.6. The lowest BCUT2D eigenvalue weighted by molar-refractivity contribution is 0.489. The minimum Gasteiger partial charge on any atom is -0.370 e. The number of para-hydroxylation sites is 1. The number of nitrogens with zero attached hydrogens (tertiary/aromatic N) is 1. The van der Waals surface area contributed by atoms with Crippen LogP contribution in [0, 0.1) is 6.92 Å². The summed E-state index contributed by atoms with van der Waals surface area (Å²) >= 11 is 0. The Morgan fingerprint density at radius 1 is 0.867 bits per heavy atom. The predicted molar refractivity (Wildman–Crippen MR) is 128 cm³/mol. The zero-order chi connectivity index (χ0) is 21.8. The molecule has 1 unspecified atom stereocenters. The molecule has 0 aromatic heterocycles. The minimum atomic E-state index is -3.54. The smallest absolute Gasteiger partial charge is 0.240 e. The van der Waals surface area contributed by atoms with E-state index in [0.717, 1.165) is 37.1 Å². The Labute approximate surface area is 183 Å². The van der Waals surface area contributed by atoms with Gasteiger partial charge in [0.25, 0.3) is 0 Å². The number of likely N-dealkylation sites (N-methyl/N-ethyl adjacent to an activating group) is 1. The van der Waals surface area contributed by atoms with Gasteiger partial charge in [-0.15, -0.1) is 0 Å². The molecular weight excluding hydrogens is 392 g/mol. The number of benzene rings is 2. The van der Waals surface area contributed by atoms with Gasteiger partial charge in [0.2, 0.25) is 10.0 Å². The molecule has 0 aliphatic carbocycles. The summed E-state index contributed by atoms with van der Waals surface area (Å²) in [6.07, 6.45) is 8.04. The Balaban J connectivity index is 2.08. The Morgan fingerprint density at radius 2 is 1.50 bits per heavy atom.